The third-order valence-electron chi connectivity index (χ3n) is 5.73. The third kappa shape index (κ3) is 4.03. The zero-order chi connectivity index (χ0) is 22.3. The molecule has 6 nitrogen and oxygen atoms in total. The highest BCUT2D eigenvalue weighted by atomic mass is 19.4. The molecule has 1 saturated carbocycles. The molecule has 3 aromatic rings. The third-order valence-corrected chi connectivity index (χ3v) is 5.73. The Morgan fingerprint density at radius 3 is 2.55 bits per heavy atom. The van der Waals surface area contributed by atoms with Crippen molar-refractivity contribution < 1.29 is 22.3 Å². The van der Waals surface area contributed by atoms with Crippen molar-refractivity contribution in [2.24, 2.45) is 5.92 Å². The van der Waals surface area contributed by atoms with Gasteiger partial charge >= 0.3 is 6.18 Å². The highest BCUT2D eigenvalue weighted by Gasteiger charge is 2.42. The maximum atomic E-state index is 15.4. The number of nitrogens with one attached hydrogen (secondary N) is 1. The fourth-order valence-corrected chi connectivity index (χ4v) is 4.15. The van der Waals surface area contributed by atoms with Crippen molar-refractivity contribution in [1.29, 1.82) is 0 Å². The van der Waals surface area contributed by atoms with Gasteiger partial charge in [0.05, 0.1) is 17.0 Å². The van der Waals surface area contributed by atoms with E-state index < -0.39 is 24.0 Å². The number of hydrogen-bond donors (Lipinski definition) is 1. The van der Waals surface area contributed by atoms with Crippen LogP contribution in [0.4, 0.5) is 17.6 Å². The minimum atomic E-state index is -4.22. The SMILES string of the molecule is CCn1c(=O)ccc2[nH]cc(-c3nc(C)nc(OC4CCC(C(F)(F)F)CC4)c3F)c21. The molecule has 1 fully saturated rings. The largest absolute Gasteiger partial charge is 0.472 e. The van der Waals surface area contributed by atoms with Crippen LogP contribution in [0, 0.1) is 18.7 Å². The number of aryl methyl sites for hydroxylation is 2. The van der Waals surface area contributed by atoms with Gasteiger partial charge in [-0.15, -0.1) is 0 Å². The second-order valence-electron chi connectivity index (χ2n) is 7.75. The average Bonchev–Trinajstić information content (AvgIpc) is 3.14. The molecular weight excluding hydrogens is 416 g/mol. The summed E-state index contributed by atoms with van der Waals surface area (Å²) >= 11 is 0. The highest BCUT2D eigenvalue weighted by molar-refractivity contribution is 5.92. The molecule has 0 spiro atoms. The second-order valence-corrected chi connectivity index (χ2v) is 7.75. The number of ether oxygens (including phenoxy) is 1. The Labute approximate surface area is 175 Å². The fourth-order valence-electron chi connectivity index (χ4n) is 4.15. The van der Waals surface area contributed by atoms with Gasteiger partial charge in [0.25, 0.3) is 11.4 Å². The maximum Gasteiger partial charge on any atom is 0.391 e. The predicted molar refractivity (Wildman–Crippen MR) is 106 cm³/mol. The molecule has 1 N–H and O–H groups in total. The molecule has 1 aliphatic carbocycles. The van der Waals surface area contributed by atoms with E-state index in [0.717, 1.165) is 0 Å². The molecule has 166 valence electrons. The van der Waals surface area contributed by atoms with Crippen molar-refractivity contribution in [1.82, 2.24) is 19.5 Å². The Kier molecular flexibility index (Phi) is 5.49. The molecule has 0 atom stereocenters. The molecule has 0 aliphatic heterocycles. The van der Waals surface area contributed by atoms with Gasteiger partial charge < -0.3 is 14.3 Å². The Balaban J connectivity index is 1.68. The first-order valence-corrected chi connectivity index (χ1v) is 10.2. The molecular formula is C21H22F4N4O2. The van der Waals surface area contributed by atoms with Crippen LogP contribution in [0.3, 0.4) is 0 Å². The Morgan fingerprint density at radius 2 is 1.90 bits per heavy atom. The number of H-pyrrole nitrogens is 1. The van der Waals surface area contributed by atoms with Crippen molar-refractivity contribution in [2.45, 2.75) is 58.4 Å². The number of hydrogen-bond acceptors (Lipinski definition) is 4. The van der Waals surface area contributed by atoms with Crippen LogP contribution < -0.4 is 10.3 Å². The molecule has 0 unspecified atom stereocenters. The van der Waals surface area contributed by atoms with Gasteiger partial charge in [-0.3, -0.25) is 4.79 Å². The van der Waals surface area contributed by atoms with Crippen molar-refractivity contribution >= 4 is 11.0 Å². The van der Waals surface area contributed by atoms with Gasteiger partial charge in [-0.2, -0.15) is 22.5 Å². The van der Waals surface area contributed by atoms with E-state index in [1.54, 1.807) is 19.2 Å². The van der Waals surface area contributed by atoms with Crippen molar-refractivity contribution in [3.63, 3.8) is 0 Å². The van der Waals surface area contributed by atoms with Crippen LogP contribution in [0.5, 0.6) is 5.88 Å². The lowest BCUT2D eigenvalue weighted by Gasteiger charge is -2.30. The number of rotatable bonds is 4. The van der Waals surface area contributed by atoms with Gasteiger partial charge in [-0.1, -0.05) is 0 Å². The van der Waals surface area contributed by atoms with E-state index in [2.05, 4.69) is 15.0 Å². The maximum absolute atomic E-state index is 15.4. The summed E-state index contributed by atoms with van der Waals surface area (Å²) in [7, 11) is 0. The fraction of sp³-hybridized carbons (Fsp3) is 0.476. The zero-order valence-electron chi connectivity index (χ0n) is 17.1. The minimum absolute atomic E-state index is 0.0227. The molecule has 10 heteroatoms. The average molecular weight is 438 g/mol. The van der Waals surface area contributed by atoms with E-state index in [1.165, 1.54) is 10.6 Å². The van der Waals surface area contributed by atoms with Crippen LogP contribution in [-0.4, -0.2) is 31.8 Å². The first-order valence-electron chi connectivity index (χ1n) is 10.2. The number of halogens is 4. The number of alkyl halides is 3. The van der Waals surface area contributed by atoms with Crippen molar-refractivity contribution in [2.75, 3.05) is 0 Å². The van der Waals surface area contributed by atoms with Crippen LogP contribution in [0.15, 0.2) is 23.1 Å². The Hall–Kier alpha value is -2.91. The number of pyridine rings is 1. The quantitative estimate of drug-likeness (QED) is 0.597. The first-order chi connectivity index (χ1) is 14.7. The summed E-state index contributed by atoms with van der Waals surface area (Å²) in [4.78, 5) is 23.5. The summed E-state index contributed by atoms with van der Waals surface area (Å²) in [6.07, 6.45) is -2.98. The van der Waals surface area contributed by atoms with Gasteiger partial charge in [-0.25, -0.2) is 4.98 Å². The van der Waals surface area contributed by atoms with Gasteiger partial charge in [-0.05, 0) is 45.6 Å². The van der Waals surface area contributed by atoms with Crippen molar-refractivity contribution in [3.05, 3.63) is 40.3 Å². The Morgan fingerprint density at radius 1 is 1.19 bits per heavy atom. The van der Waals surface area contributed by atoms with E-state index in [9.17, 15) is 18.0 Å². The number of nitrogens with zero attached hydrogens (tertiary/aromatic N) is 3. The van der Waals surface area contributed by atoms with E-state index in [4.69, 9.17) is 4.74 Å². The van der Waals surface area contributed by atoms with Gasteiger partial charge in [0.2, 0.25) is 5.82 Å². The molecule has 0 radical (unpaired) electrons. The first kappa shape index (κ1) is 21.3. The van der Waals surface area contributed by atoms with E-state index in [1.807, 2.05) is 6.92 Å². The molecule has 3 heterocycles. The van der Waals surface area contributed by atoms with E-state index in [0.29, 0.717) is 23.1 Å². The van der Waals surface area contributed by atoms with Crippen LogP contribution in [0.25, 0.3) is 22.3 Å². The molecule has 4 rings (SSSR count). The lowest BCUT2D eigenvalue weighted by Crippen LogP contribution is -2.32. The van der Waals surface area contributed by atoms with Gasteiger partial charge in [0.15, 0.2) is 0 Å². The summed E-state index contributed by atoms with van der Waals surface area (Å²) in [5.41, 5.74) is 1.32. The summed E-state index contributed by atoms with van der Waals surface area (Å²) in [6.45, 7) is 3.78. The highest BCUT2D eigenvalue weighted by Crippen LogP contribution is 2.39. The Bertz CT molecular complexity index is 1160. The molecule has 0 bridgehead atoms. The summed E-state index contributed by atoms with van der Waals surface area (Å²) < 4.78 is 61.2. The summed E-state index contributed by atoms with van der Waals surface area (Å²) in [5.74, 6) is -2.18. The number of aromatic nitrogens is 4. The molecule has 31 heavy (non-hydrogen) atoms. The summed E-state index contributed by atoms with van der Waals surface area (Å²) in [6, 6.07) is 3.05. The second kappa shape index (κ2) is 7.97. The van der Waals surface area contributed by atoms with Crippen LogP contribution in [0.2, 0.25) is 0 Å². The van der Waals surface area contributed by atoms with Gasteiger partial charge in [0, 0.05) is 24.4 Å². The van der Waals surface area contributed by atoms with E-state index in [-0.39, 0.29) is 48.6 Å². The lowest BCUT2D eigenvalue weighted by atomic mass is 9.87. The molecule has 0 aromatic carbocycles. The predicted octanol–water partition coefficient (Wildman–Crippen LogP) is 4.75. The van der Waals surface area contributed by atoms with Gasteiger partial charge in [0.1, 0.15) is 17.6 Å². The smallest absolute Gasteiger partial charge is 0.391 e. The normalized spacial score (nSPS) is 19.7. The molecule has 0 saturated heterocycles. The number of fused-ring (bicyclic) bond motifs is 1. The van der Waals surface area contributed by atoms with E-state index >= 15 is 4.39 Å². The lowest BCUT2D eigenvalue weighted by molar-refractivity contribution is -0.185. The molecule has 3 aromatic heterocycles. The van der Waals surface area contributed by atoms with Crippen LogP contribution in [0.1, 0.15) is 38.4 Å². The van der Waals surface area contributed by atoms with Crippen LogP contribution in [-0.2, 0) is 6.54 Å². The minimum Gasteiger partial charge on any atom is -0.472 e. The molecule has 1 aliphatic rings. The van der Waals surface area contributed by atoms with Crippen molar-refractivity contribution in [3.8, 4) is 17.1 Å². The monoisotopic (exact) mass is 438 g/mol. The standard InChI is InChI=1S/C21H22F4N4O2/c1-3-29-16(30)9-8-15-19(29)14(10-26-15)18-17(22)20(28-11(2)27-18)31-13-6-4-12(5-7-13)21(23,24)25/h8-10,12-13,26H,3-7H2,1-2H3. The summed E-state index contributed by atoms with van der Waals surface area (Å²) in [5, 5.41) is 0. The number of aromatic amines is 1. The zero-order valence-corrected chi connectivity index (χ0v) is 17.1. The molecule has 0 amide bonds. The topological polar surface area (TPSA) is 72.8 Å². The van der Waals surface area contributed by atoms with Crippen LogP contribution >= 0.6 is 0 Å².